The van der Waals surface area contributed by atoms with Crippen molar-refractivity contribution in [3.8, 4) is 5.75 Å². The molecule has 0 saturated carbocycles. The van der Waals surface area contributed by atoms with Crippen molar-refractivity contribution >= 4 is 29.5 Å². The van der Waals surface area contributed by atoms with Gasteiger partial charge in [0.2, 0.25) is 0 Å². The molecule has 2 aliphatic rings. The summed E-state index contributed by atoms with van der Waals surface area (Å²) in [6.07, 6.45) is 0. The van der Waals surface area contributed by atoms with E-state index in [4.69, 9.17) is 9.47 Å². The molecule has 2 aromatic carbocycles. The highest BCUT2D eigenvalue weighted by Crippen LogP contribution is 2.55. The molecule has 0 radical (unpaired) electrons. The third-order valence-corrected chi connectivity index (χ3v) is 7.10. The molecule has 9 heteroatoms. The molecule has 8 nitrogen and oxygen atoms in total. The summed E-state index contributed by atoms with van der Waals surface area (Å²) in [6, 6.07) is 17.1. The van der Waals surface area contributed by atoms with Gasteiger partial charge in [0.05, 0.1) is 6.61 Å². The molecule has 0 unspecified atom stereocenters. The molecule has 0 aliphatic carbocycles. The van der Waals surface area contributed by atoms with Gasteiger partial charge in [-0.2, -0.15) is 0 Å². The van der Waals surface area contributed by atoms with E-state index in [0.717, 1.165) is 5.56 Å². The molecule has 32 heavy (non-hydrogen) atoms. The van der Waals surface area contributed by atoms with E-state index >= 15 is 0 Å². The van der Waals surface area contributed by atoms with Crippen molar-refractivity contribution in [2.45, 2.75) is 42.3 Å². The molecule has 3 atom stereocenters. The molecule has 2 heterocycles. The van der Waals surface area contributed by atoms with Gasteiger partial charge in [-0.15, -0.1) is 11.8 Å². The van der Waals surface area contributed by atoms with Crippen LogP contribution >= 0.6 is 11.8 Å². The Bertz CT molecular complexity index is 1020. The Kier molecular flexibility index (Phi) is 5.87. The van der Waals surface area contributed by atoms with Gasteiger partial charge in [0.15, 0.2) is 6.61 Å². The Morgan fingerprint density at radius 2 is 1.72 bits per heavy atom. The Morgan fingerprint density at radius 1 is 1.09 bits per heavy atom. The highest BCUT2D eigenvalue weighted by molar-refractivity contribution is 8.01. The van der Waals surface area contributed by atoms with Crippen molar-refractivity contribution in [1.29, 1.82) is 0 Å². The monoisotopic (exact) mass is 456 g/mol. The van der Waals surface area contributed by atoms with Crippen LogP contribution in [0.1, 0.15) is 19.4 Å². The van der Waals surface area contributed by atoms with Crippen molar-refractivity contribution < 1.29 is 29.0 Å². The quantitative estimate of drug-likeness (QED) is 0.464. The molecule has 168 valence electrons. The fraction of sp³-hybridized carbons (Fsp3) is 0.348. The van der Waals surface area contributed by atoms with Crippen LogP contribution < -0.4 is 10.1 Å². The van der Waals surface area contributed by atoms with E-state index in [-0.39, 0.29) is 13.2 Å². The summed E-state index contributed by atoms with van der Waals surface area (Å²) >= 11 is 1.30. The second-order valence-electron chi connectivity index (χ2n) is 8.19. The predicted octanol–water partition coefficient (Wildman–Crippen LogP) is 2.24. The minimum absolute atomic E-state index is 0.0788. The van der Waals surface area contributed by atoms with Crippen molar-refractivity contribution in [2.75, 3.05) is 6.61 Å². The first-order chi connectivity index (χ1) is 15.2. The number of ether oxygens (including phenoxy) is 2. The lowest BCUT2D eigenvalue weighted by molar-refractivity contribution is -0.209. The zero-order chi connectivity index (χ0) is 22.9. The van der Waals surface area contributed by atoms with Gasteiger partial charge < -0.3 is 24.8 Å². The van der Waals surface area contributed by atoms with E-state index in [1.807, 2.05) is 36.4 Å². The topological polar surface area (TPSA) is 105 Å². The number of thioether (sulfide) groups is 1. The standard InChI is InChI=1S/C23H24N2O6S/c1-22(2)18(19(27)28)25-20(29)23(21(25)32-22,31-13-15-9-5-3-6-10-15)24-17(26)14-30-16-11-7-4-8-12-16/h3-12,18,21H,13-14H2,1-2H3,(H,24,26)(H,27,28)/t18-,21+,23+/m0/s1. The van der Waals surface area contributed by atoms with Gasteiger partial charge in [0, 0.05) is 4.75 Å². The summed E-state index contributed by atoms with van der Waals surface area (Å²) in [5.41, 5.74) is -0.844. The Hall–Kier alpha value is -3.04. The highest BCUT2D eigenvalue weighted by Gasteiger charge is 2.73. The number of aliphatic carboxylic acids is 1. The van der Waals surface area contributed by atoms with Crippen LogP contribution in [0.2, 0.25) is 0 Å². The van der Waals surface area contributed by atoms with Crippen LogP contribution in [0.5, 0.6) is 5.75 Å². The number of benzene rings is 2. The van der Waals surface area contributed by atoms with E-state index in [1.54, 1.807) is 38.1 Å². The number of nitrogens with zero attached hydrogens (tertiary/aromatic N) is 1. The summed E-state index contributed by atoms with van der Waals surface area (Å²) in [6.45, 7) is 3.31. The van der Waals surface area contributed by atoms with Gasteiger partial charge in [-0.25, -0.2) is 4.79 Å². The summed E-state index contributed by atoms with van der Waals surface area (Å²) in [5, 5.41) is 11.7. The van der Waals surface area contributed by atoms with Gasteiger partial charge >= 0.3 is 5.97 Å². The molecule has 2 amide bonds. The molecule has 2 aromatic rings. The molecule has 2 N–H and O–H groups in total. The van der Waals surface area contributed by atoms with E-state index in [2.05, 4.69) is 5.32 Å². The number of rotatable bonds is 8. The van der Waals surface area contributed by atoms with E-state index in [0.29, 0.717) is 5.75 Å². The van der Waals surface area contributed by atoms with Crippen LogP contribution in [0.25, 0.3) is 0 Å². The number of hydrogen-bond donors (Lipinski definition) is 2. The molecule has 0 bridgehead atoms. The van der Waals surface area contributed by atoms with Crippen molar-refractivity contribution in [1.82, 2.24) is 10.2 Å². The largest absolute Gasteiger partial charge is 0.484 e. The van der Waals surface area contributed by atoms with Crippen LogP contribution in [-0.2, 0) is 25.7 Å². The number of carbonyl (C=O) groups excluding carboxylic acids is 2. The third-order valence-electron chi connectivity index (χ3n) is 5.49. The predicted molar refractivity (Wildman–Crippen MR) is 118 cm³/mol. The number of fused-ring (bicyclic) bond motifs is 1. The number of para-hydroxylation sites is 1. The minimum Gasteiger partial charge on any atom is -0.484 e. The number of carboxylic acids is 1. The lowest BCUT2D eigenvalue weighted by Gasteiger charge is -2.52. The third kappa shape index (κ3) is 3.93. The van der Waals surface area contributed by atoms with Crippen LogP contribution in [0, 0.1) is 0 Å². The van der Waals surface area contributed by atoms with Crippen LogP contribution in [0.3, 0.4) is 0 Å². The number of carbonyl (C=O) groups is 3. The van der Waals surface area contributed by atoms with Gasteiger partial charge in [-0.3, -0.25) is 9.59 Å². The van der Waals surface area contributed by atoms with Crippen molar-refractivity contribution in [2.24, 2.45) is 0 Å². The van der Waals surface area contributed by atoms with Crippen LogP contribution in [-0.4, -0.2) is 56.3 Å². The molecule has 2 fully saturated rings. The zero-order valence-electron chi connectivity index (χ0n) is 17.7. The molecular formula is C23H24N2O6S. The number of β-lactam (4-membered cyclic amide) rings is 1. The maximum atomic E-state index is 13.3. The Labute approximate surface area is 189 Å². The highest BCUT2D eigenvalue weighted by atomic mass is 32.2. The molecular weight excluding hydrogens is 432 g/mol. The van der Waals surface area contributed by atoms with Gasteiger partial charge in [0.25, 0.3) is 17.5 Å². The summed E-state index contributed by atoms with van der Waals surface area (Å²) in [4.78, 5) is 39.2. The van der Waals surface area contributed by atoms with Gasteiger partial charge in [-0.05, 0) is 31.5 Å². The van der Waals surface area contributed by atoms with E-state index in [1.165, 1.54) is 16.7 Å². The normalized spacial score (nSPS) is 25.6. The fourth-order valence-electron chi connectivity index (χ4n) is 3.99. The molecule has 0 spiro atoms. The maximum absolute atomic E-state index is 13.3. The molecule has 4 rings (SSSR count). The Morgan fingerprint density at radius 3 is 2.34 bits per heavy atom. The second kappa shape index (κ2) is 8.48. The second-order valence-corrected chi connectivity index (χ2v) is 9.92. The molecule has 2 saturated heterocycles. The van der Waals surface area contributed by atoms with E-state index < -0.39 is 39.7 Å². The summed E-state index contributed by atoms with van der Waals surface area (Å²) < 4.78 is 10.8. The number of amides is 2. The SMILES string of the molecule is CC1(C)S[C@H]2N(C(=O)[C@@]2(NC(=O)COc2ccccc2)OCc2ccccc2)[C@H]1C(=O)O. The van der Waals surface area contributed by atoms with Gasteiger partial charge in [0.1, 0.15) is 17.2 Å². The smallest absolute Gasteiger partial charge is 0.327 e. The molecule has 0 aromatic heterocycles. The Balaban J connectivity index is 1.55. The average Bonchev–Trinajstić information content (AvgIpc) is 3.05. The van der Waals surface area contributed by atoms with Crippen molar-refractivity contribution in [3.05, 3.63) is 66.2 Å². The lowest BCUT2D eigenvalue weighted by Crippen LogP contribution is -2.80. The minimum atomic E-state index is -1.67. The zero-order valence-corrected chi connectivity index (χ0v) is 18.5. The van der Waals surface area contributed by atoms with Crippen LogP contribution in [0.4, 0.5) is 0 Å². The number of nitrogens with one attached hydrogen (secondary N) is 1. The fourth-order valence-corrected chi connectivity index (χ4v) is 5.64. The first kappa shape index (κ1) is 22.2. The molecule has 2 aliphatic heterocycles. The average molecular weight is 457 g/mol. The summed E-state index contributed by atoms with van der Waals surface area (Å²) in [5.74, 6) is -1.68. The van der Waals surface area contributed by atoms with Crippen LogP contribution in [0.15, 0.2) is 60.7 Å². The maximum Gasteiger partial charge on any atom is 0.327 e. The van der Waals surface area contributed by atoms with Crippen molar-refractivity contribution in [3.63, 3.8) is 0 Å². The van der Waals surface area contributed by atoms with E-state index in [9.17, 15) is 19.5 Å². The summed E-state index contributed by atoms with van der Waals surface area (Å²) in [7, 11) is 0. The lowest BCUT2D eigenvalue weighted by atomic mass is 9.93. The number of carboxylic acid groups (broad SMARTS) is 1. The van der Waals surface area contributed by atoms with Gasteiger partial charge in [-0.1, -0.05) is 48.5 Å². The first-order valence-electron chi connectivity index (χ1n) is 10.1. The first-order valence-corrected chi connectivity index (χ1v) is 11.0. The number of hydrogen-bond acceptors (Lipinski definition) is 6.